The fraction of sp³-hybridized carbons (Fsp3) is 0.273. The van der Waals surface area contributed by atoms with Crippen LogP contribution in [0.4, 0.5) is 5.00 Å². The maximum Gasteiger partial charge on any atom is 0.205 e. The zero-order valence-electron chi connectivity index (χ0n) is 16.4. The Morgan fingerprint density at radius 3 is 2.45 bits per heavy atom. The smallest absolute Gasteiger partial charge is 0.205 e. The molecule has 0 saturated heterocycles. The number of thiophene rings is 1. The molecular weight excluding hydrogens is 384 g/mol. The molecule has 0 radical (unpaired) electrons. The van der Waals surface area contributed by atoms with Crippen molar-refractivity contribution >= 4 is 21.9 Å². The number of nitrogen functional groups attached to an aromatic ring is 1. The third-order valence-corrected chi connectivity index (χ3v) is 6.86. The summed E-state index contributed by atoms with van der Waals surface area (Å²) in [7, 11) is 1.60. The van der Waals surface area contributed by atoms with Crippen molar-refractivity contribution in [2.75, 3.05) is 12.8 Å². The van der Waals surface area contributed by atoms with Crippen molar-refractivity contribution in [3.63, 3.8) is 0 Å². The molecule has 1 aromatic carbocycles. The van der Waals surface area contributed by atoms with Gasteiger partial charge in [-0.3, -0.25) is 0 Å². The Hall–Kier alpha value is -3.42. The van der Waals surface area contributed by atoms with Crippen molar-refractivity contribution in [3.8, 4) is 17.9 Å². The predicted molar refractivity (Wildman–Crippen MR) is 112 cm³/mol. The molecule has 29 heavy (non-hydrogen) atoms. The van der Waals surface area contributed by atoms with E-state index in [0.717, 1.165) is 21.6 Å². The quantitative estimate of drug-likeness (QED) is 0.777. The number of hydrogen-bond acceptors (Lipinski definition) is 7. The number of hydrogen-bond donors (Lipinski definition) is 2. The lowest BCUT2D eigenvalue weighted by Gasteiger charge is -2.38. The minimum Gasteiger partial charge on any atom is -0.497 e. The standard InChI is InChI=1S/C22H20N4O2S/c1-22(2)8-15-18(17-14(10-24)21(26)29-19(17)22)16(13(9-23)20(25)28-15)11-4-6-12(27-3)7-5-11/h4-7,16H,8,25-26H2,1-3H3. The van der Waals surface area contributed by atoms with E-state index in [2.05, 4.69) is 26.0 Å². The number of nitriles is 2. The van der Waals surface area contributed by atoms with Crippen molar-refractivity contribution in [1.29, 1.82) is 10.5 Å². The van der Waals surface area contributed by atoms with E-state index < -0.39 is 5.92 Å². The summed E-state index contributed by atoms with van der Waals surface area (Å²) < 4.78 is 11.2. The first kappa shape index (κ1) is 18.9. The Balaban J connectivity index is 2.02. The van der Waals surface area contributed by atoms with Gasteiger partial charge in [0.2, 0.25) is 5.88 Å². The molecule has 1 aliphatic heterocycles. The van der Waals surface area contributed by atoms with Crippen LogP contribution >= 0.6 is 11.3 Å². The highest BCUT2D eigenvalue weighted by atomic mass is 32.1. The van der Waals surface area contributed by atoms with E-state index in [9.17, 15) is 10.5 Å². The maximum atomic E-state index is 9.86. The molecular formula is C22H20N4O2S. The van der Waals surface area contributed by atoms with E-state index in [1.165, 1.54) is 11.3 Å². The van der Waals surface area contributed by atoms with E-state index in [-0.39, 0.29) is 11.3 Å². The second kappa shape index (κ2) is 6.58. The molecule has 0 saturated carbocycles. The van der Waals surface area contributed by atoms with Crippen molar-refractivity contribution < 1.29 is 9.47 Å². The van der Waals surface area contributed by atoms with Gasteiger partial charge in [-0.05, 0) is 17.7 Å². The molecule has 4 N–H and O–H groups in total. The Kier molecular flexibility index (Phi) is 4.29. The van der Waals surface area contributed by atoms with E-state index in [0.29, 0.717) is 34.1 Å². The number of nitrogens with two attached hydrogens (primary N) is 2. The molecule has 7 heteroatoms. The summed E-state index contributed by atoms with van der Waals surface area (Å²) in [5, 5.41) is 20.2. The number of rotatable bonds is 2. The van der Waals surface area contributed by atoms with E-state index >= 15 is 0 Å². The molecule has 0 spiro atoms. The van der Waals surface area contributed by atoms with E-state index in [1.54, 1.807) is 7.11 Å². The lowest BCUT2D eigenvalue weighted by atomic mass is 9.70. The summed E-state index contributed by atoms with van der Waals surface area (Å²) in [6.45, 7) is 4.19. The van der Waals surface area contributed by atoms with Crippen LogP contribution < -0.4 is 16.2 Å². The molecule has 2 heterocycles. The van der Waals surface area contributed by atoms with Crippen molar-refractivity contribution in [2.24, 2.45) is 5.73 Å². The minimum atomic E-state index is -0.439. The molecule has 6 nitrogen and oxygen atoms in total. The summed E-state index contributed by atoms with van der Waals surface area (Å²) in [6.07, 6.45) is 0.603. The lowest BCUT2D eigenvalue weighted by molar-refractivity contribution is 0.252. The third kappa shape index (κ3) is 2.74. The molecule has 1 aliphatic carbocycles. The number of allylic oxidation sites excluding steroid dienone is 3. The van der Waals surface area contributed by atoms with Crippen LogP contribution in [0.1, 0.15) is 47.8 Å². The molecule has 2 aliphatic rings. The minimum absolute atomic E-state index is 0.105. The Labute approximate surface area is 173 Å². The number of methoxy groups -OCH3 is 1. The highest BCUT2D eigenvalue weighted by Crippen LogP contribution is 2.56. The second-order valence-electron chi connectivity index (χ2n) is 7.75. The van der Waals surface area contributed by atoms with Crippen LogP contribution in [-0.2, 0) is 10.2 Å². The van der Waals surface area contributed by atoms with Crippen LogP contribution in [0.3, 0.4) is 0 Å². The summed E-state index contributed by atoms with van der Waals surface area (Å²) in [6, 6.07) is 12.0. The van der Waals surface area contributed by atoms with Crippen LogP contribution in [0.25, 0.3) is 5.57 Å². The van der Waals surface area contributed by atoms with Gasteiger partial charge in [0.05, 0.1) is 18.6 Å². The first-order valence-electron chi connectivity index (χ1n) is 9.10. The topological polar surface area (TPSA) is 118 Å². The van der Waals surface area contributed by atoms with Gasteiger partial charge in [0, 0.05) is 27.8 Å². The largest absolute Gasteiger partial charge is 0.497 e. The van der Waals surface area contributed by atoms with Gasteiger partial charge < -0.3 is 20.9 Å². The van der Waals surface area contributed by atoms with Gasteiger partial charge >= 0.3 is 0 Å². The fourth-order valence-electron chi connectivity index (χ4n) is 4.13. The fourth-order valence-corrected chi connectivity index (χ4v) is 5.26. The van der Waals surface area contributed by atoms with Gasteiger partial charge in [-0.2, -0.15) is 10.5 Å². The van der Waals surface area contributed by atoms with Crippen molar-refractivity contribution in [3.05, 3.63) is 63.0 Å². The van der Waals surface area contributed by atoms with Crippen LogP contribution in [0, 0.1) is 22.7 Å². The first-order chi connectivity index (χ1) is 13.8. The summed E-state index contributed by atoms with van der Waals surface area (Å²) >= 11 is 1.43. The summed E-state index contributed by atoms with van der Waals surface area (Å²) in [5.41, 5.74) is 15.3. The molecule has 1 atom stereocenters. The second-order valence-corrected chi connectivity index (χ2v) is 8.80. The highest BCUT2D eigenvalue weighted by molar-refractivity contribution is 7.16. The monoisotopic (exact) mass is 404 g/mol. The number of ether oxygens (including phenoxy) is 2. The zero-order valence-corrected chi connectivity index (χ0v) is 17.2. The van der Waals surface area contributed by atoms with Crippen LogP contribution in [0.2, 0.25) is 0 Å². The molecule has 2 aromatic rings. The maximum absolute atomic E-state index is 9.86. The third-order valence-electron chi connectivity index (χ3n) is 5.48. The van der Waals surface area contributed by atoms with Gasteiger partial charge in [-0.25, -0.2) is 0 Å². The number of fused-ring (bicyclic) bond motifs is 2. The molecule has 146 valence electrons. The molecule has 0 bridgehead atoms. The lowest BCUT2D eigenvalue weighted by Crippen LogP contribution is -2.30. The highest BCUT2D eigenvalue weighted by Gasteiger charge is 2.44. The molecule has 1 unspecified atom stereocenters. The molecule has 0 amide bonds. The van der Waals surface area contributed by atoms with Gasteiger partial charge in [0.15, 0.2) is 0 Å². The van der Waals surface area contributed by atoms with Crippen molar-refractivity contribution in [1.82, 2.24) is 0 Å². The summed E-state index contributed by atoms with van der Waals surface area (Å²) in [4.78, 5) is 1.03. The number of benzene rings is 1. The SMILES string of the molecule is COc1ccc(C2C(C#N)=C(N)OC3=C2c2c(sc(N)c2C#N)C(C)(C)C3)cc1. The van der Waals surface area contributed by atoms with Crippen molar-refractivity contribution in [2.45, 2.75) is 31.6 Å². The average Bonchev–Trinajstić information content (AvgIpc) is 3.04. The molecule has 1 aromatic heterocycles. The molecule has 0 fully saturated rings. The predicted octanol–water partition coefficient (Wildman–Crippen LogP) is 4.11. The van der Waals surface area contributed by atoms with Gasteiger partial charge in [-0.1, -0.05) is 26.0 Å². The Bertz CT molecular complexity index is 1160. The first-order valence-corrected chi connectivity index (χ1v) is 9.91. The van der Waals surface area contributed by atoms with Gasteiger partial charge in [-0.15, -0.1) is 11.3 Å². The number of nitrogens with zero attached hydrogens (tertiary/aromatic N) is 2. The van der Waals surface area contributed by atoms with Crippen LogP contribution in [0.5, 0.6) is 5.75 Å². The normalized spacial score (nSPS) is 19.6. The van der Waals surface area contributed by atoms with Crippen LogP contribution in [-0.4, -0.2) is 7.11 Å². The van der Waals surface area contributed by atoms with Crippen LogP contribution in [0.15, 0.2) is 41.5 Å². The summed E-state index contributed by atoms with van der Waals surface area (Å²) in [5.74, 6) is 1.07. The molecule has 4 rings (SSSR count). The van der Waals surface area contributed by atoms with Gasteiger partial charge in [0.1, 0.15) is 34.2 Å². The average molecular weight is 404 g/mol. The number of anilines is 1. The van der Waals surface area contributed by atoms with Gasteiger partial charge in [0.25, 0.3) is 0 Å². The van der Waals surface area contributed by atoms with E-state index in [1.807, 2.05) is 24.3 Å². The van der Waals surface area contributed by atoms with E-state index in [4.69, 9.17) is 20.9 Å². The Morgan fingerprint density at radius 1 is 1.17 bits per heavy atom. The Morgan fingerprint density at radius 2 is 1.86 bits per heavy atom. The zero-order chi connectivity index (χ0) is 20.9.